The van der Waals surface area contributed by atoms with Crippen molar-refractivity contribution in [3.05, 3.63) is 49.1 Å². The first-order chi connectivity index (χ1) is 9.06. The van der Waals surface area contributed by atoms with Crippen molar-refractivity contribution in [3.8, 4) is 0 Å². The van der Waals surface area contributed by atoms with Crippen molar-refractivity contribution in [1.29, 1.82) is 0 Å². The van der Waals surface area contributed by atoms with E-state index in [-0.39, 0.29) is 6.61 Å². The molecule has 0 aliphatic heterocycles. The third-order valence-corrected chi connectivity index (χ3v) is 1.61. The Labute approximate surface area is 110 Å². The highest BCUT2D eigenvalue weighted by Crippen LogP contribution is 2.11. The zero-order valence-electron chi connectivity index (χ0n) is 10.5. The van der Waals surface area contributed by atoms with Gasteiger partial charge in [0.2, 0.25) is 0 Å². The van der Waals surface area contributed by atoms with Crippen LogP contribution in [-0.4, -0.2) is 29.4 Å². The highest BCUT2D eigenvalue weighted by Gasteiger charge is 2.40. The van der Waals surface area contributed by atoms with Gasteiger partial charge in [0.25, 0.3) is 0 Å². The Balaban J connectivity index is 0. The van der Waals surface area contributed by atoms with Crippen LogP contribution in [0.3, 0.4) is 0 Å². The molecule has 3 N–H and O–H groups in total. The lowest BCUT2D eigenvalue weighted by Crippen LogP contribution is -2.43. The highest BCUT2D eigenvalue weighted by molar-refractivity contribution is 5.76. The van der Waals surface area contributed by atoms with Crippen molar-refractivity contribution in [1.82, 2.24) is 5.48 Å². The number of nitrogens with one attached hydrogen (secondary N) is 1. The Morgan fingerprint density at radius 3 is 2.21 bits per heavy atom. The average molecular weight is 277 g/mol. The van der Waals surface area contributed by atoms with Crippen LogP contribution in [-0.2, 0) is 16.1 Å². The van der Waals surface area contributed by atoms with Gasteiger partial charge in [-0.2, -0.15) is 8.78 Å². The number of esters is 1. The molecule has 0 amide bonds. The number of benzene rings is 1. The van der Waals surface area contributed by atoms with Crippen molar-refractivity contribution in [3.63, 3.8) is 0 Å². The van der Waals surface area contributed by atoms with Crippen molar-refractivity contribution in [2.75, 3.05) is 7.11 Å². The summed E-state index contributed by atoms with van der Waals surface area (Å²) in [4.78, 5) is 10.7. The second kappa shape index (κ2) is 11.3. The molecule has 0 aliphatic carbocycles. The number of hydrogen-bond donors (Lipinski definition) is 3. The van der Waals surface area contributed by atoms with E-state index in [1.807, 2.05) is 0 Å². The molecule has 108 valence electrons. The molecule has 0 bridgehead atoms. The molecule has 0 atom stereocenters. The van der Waals surface area contributed by atoms with Gasteiger partial charge in [-0.05, 0) is 5.56 Å². The number of ether oxygens (including phenoxy) is 1. The van der Waals surface area contributed by atoms with Crippen LogP contribution in [0.15, 0.2) is 43.5 Å². The van der Waals surface area contributed by atoms with E-state index in [0.29, 0.717) is 11.0 Å². The molecule has 0 heterocycles. The smallest absolute Gasteiger partial charge is 0.420 e. The van der Waals surface area contributed by atoms with Crippen molar-refractivity contribution in [2.24, 2.45) is 0 Å². The number of rotatable bonds is 4. The summed E-state index contributed by atoms with van der Waals surface area (Å²) in [6.45, 7) is 5.73. The summed E-state index contributed by atoms with van der Waals surface area (Å²) in [5.74, 6) is -1.83. The van der Waals surface area contributed by atoms with Crippen LogP contribution in [0.2, 0.25) is 0 Å². The van der Waals surface area contributed by atoms with Crippen LogP contribution in [0.25, 0.3) is 0 Å². The standard InChI is InChI=1S/C9H9F2NO3.C2H4.CH4O/c10-9(11,12-14)8(13)15-6-7-4-2-1-3-5-7;2*1-2/h1-5,12,14H,6H2;1-2H2;2H,1H3. The van der Waals surface area contributed by atoms with Crippen molar-refractivity contribution >= 4 is 5.97 Å². The summed E-state index contributed by atoms with van der Waals surface area (Å²) in [5, 5.41) is 15.0. The first-order valence-corrected chi connectivity index (χ1v) is 5.01. The van der Waals surface area contributed by atoms with Crippen LogP contribution in [0.4, 0.5) is 8.78 Å². The minimum absolute atomic E-state index is 0.267. The average Bonchev–Trinajstić information content (AvgIpc) is 2.49. The van der Waals surface area contributed by atoms with E-state index in [1.165, 1.54) is 0 Å². The topological polar surface area (TPSA) is 78.8 Å². The third kappa shape index (κ3) is 7.98. The Kier molecular flexibility index (Phi) is 11.6. The lowest BCUT2D eigenvalue weighted by Gasteiger charge is -2.12. The molecule has 5 nitrogen and oxygen atoms in total. The van der Waals surface area contributed by atoms with Gasteiger partial charge in [-0.15, -0.1) is 18.6 Å². The van der Waals surface area contributed by atoms with Crippen molar-refractivity contribution in [2.45, 2.75) is 12.7 Å². The molecule has 0 fully saturated rings. The molecule has 1 aromatic carbocycles. The molecule has 0 aromatic heterocycles. The van der Waals surface area contributed by atoms with Gasteiger partial charge in [0.05, 0.1) is 0 Å². The molecule has 1 aromatic rings. The maximum atomic E-state index is 12.4. The molecule has 0 spiro atoms. The molecule has 19 heavy (non-hydrogen) atoms. The maximum absolute atomic E-state index is 12.4. The Morgan fingerprint density at radius 1 is 1.32 bits per heavy atom. The molecule has 0 unspecified atom stereocenters. The summed E-state index contributed by atoms with van der Waals surface area (Å²) in [7, 11) is 1.00. The number of halogens is 2. The fourth-order valence-corrected chi connectivity index (χ4v) is 0.859. The number of carbonyl (C=O) groups is 1. The minimum atomic E-state index is -4.07. The monoisotopic (exact) mass is 277 g/mol. The zero-order valence-corrected chi connectivity index (χ0v) is 10.5. The third-order valence-electron chi connectivity index (χ3n) is 1.61. The van der Waals surface area contributed by atoms with Crippen LogP contribution in [0.5, 0.6) is 0 Å². The van der Waals surface area contributed by atoms with E-state index in [9.17, 15) is 13.6 Å². The van der Waals surface area contributed by atoms with Crippen LogP contribution >= 0.6 is 0 Å². The van der Waals surface area contributed by atoms with Gasteiger partial charge in [0, 0.05) is 7.11 Å². The quantitative estimate of drug-likeness (QED) is 0.338. The van der Waals surface area contributed by atoms with E-state index in [4.69, 9.17) is 10.3 Å². The van der Waals surface area contributed by atoms with Gasteiger partial charge >= 0.3 is 12.0 Å². The number of carbonyl (C=O) groups excluding carboxylic acids is 1. The van der Waals surface area contributed by atoms with Gasteiger partial charge in [-0.25, -0.2) is 4.79 Å². The van der Waals surface area contributed by atoms with Gasteiger partial charge < -0.3 is 15.1 Å². The van der Waals surface area contributed by atoms with E-state index in [0.717, 1.165) is 7.11 Å². The van der Waals surface area contributed by atoms with Crippen LogP contribution in [0.1, 0.15) is 5.56 Å². The van der Waals surface area contributed by atoms with E-state index in [1.54, 1.807) is 30.3 Å². The number of hydrogen-bond acceptors (Lipinski definition) is 5. The lowest BCUT2D eigenvalue weighted by molar-refractivity contribution is -0.195. The second-order valence-corrected chi connectivity index (χ2v) is 2.75. The predicted octanol–water partition coefficient (Wildman–Crippen LogP) is 1.71. The molecule has 0 saturated carbocycles. The summed E-state index contributed by atoms with van der Waals surface area (Å²) in [6.07, 6.45) is 0. The molecule has 7 heteroatoms. The second-order valence-electron chi connectivity index (χ2n) is 2.75. The first-order valence-electron chi connectivity index (χ1n) is 5.01. The highest BCUT2D eigenvalue weighted by atomic mass is 19.3. The van der Waals surface area contributed by atoms with Gasteiger partial charge in [-0.3, -0.25) is 0 Å². The first kappa shape index (κ1) is 19.5. The summed E-state index contributed by atoms with van der Waals surface area (Å²) >= 11 is 0. The molecule has 0 aliphatic rings. The molecular formula is C12H17F2NO4. The fourth-order valence-electron chi connectivity index (χ4n) is 0.859. The summed E-state index contributed by atoms with van der Waals surface area (Å²) < 4.78 is 29.1. The van der Waals surface area contributed by atoms with Crippen LogP contribution < -0.4 is 5.48 Å². The molecular weight excluding hydrogens is 260 g/mol. The number of aliphatic hydroxyl groups is 1. The maximum Gasteiger partial charge on any atom is 0.420 e. The number of hydroxylamine groups is 1. The van der Waals surface area contributed by atoms with Crippen molar-refractivity contribution < 1.29 is 28.6 Å². The number of alkyl halides is 2. The Bertz CT molecular complexity index is 347. The molecule has 0 saturated heterocycles. The predicted molar refractivity (Wildman–Crippen MR) is 65.5 cm³/mol. The van der Waals surface area contributed by atoms with Gasteiger partial charge in [0.1, 0.15) is 6.61 Å². The van der Waals surface area contributed by atoms with E-state index >= 15 is 0 Å². The number of aliphatic hydroxyl groups excluding tert-OH is 1. The normalized spacial score (nSPS) is 9.32. The lowest BCUT2D eigenvalue weighted by atomic mass is 10.2. The Morgan fingerprint density at radius 2 is 1.79 bits per heavy atom. The molecule has 1 rings (SSSR count). The summed E-state index contributed by atoms with van der Waals surface area (Å²) in [5.41, 5.74) is 1.15. The molecule has 0 radical (unpaired) electrons. The van der Waals surface area contributed by atoms with Gasteiger partial charge in [0.15, 0.2) is 0 Å². The Hall–Kier alpha value is -1.83. The zero-order chi connectivity index (χ0) is 15.3. The SMILES string of the molecule is C=C.CO.O=C(OCc1ccccc1)C(F)(F)NO. The van der Waals surface area contributed by atoms with E-state index in [2.05, 4.69) is 17.9 Å². The fraction of sp³-hybridized carbons (Fsp3) is 0.250. The summed E-state index contributed by atoms with van der Waals surface area (Å²) in [6, 6.07) is 4.29. The largest absolute Gasteiger partial charge is 0.455 e. The van der Waals surface area contributed by atoms with E-state index < -0.39 is 12.0 Å². The van der Waals surface area contributed by atoms with Crippen LogP contribution in [0, 0.1) is 0 Å². The van der Waals surface area contributed by atoms with Gasteiger partial charge in [-0.1, -0.05) is 30.3 Å². The minimum Gasteiger partial charge on any atom is -0.455 e.